The third kappa shape index (κ3) is 3.58. The standard InChI is InChI=1S/C15H13ClN2O3/c1-9(10-4-2-5-11(16)8-10)18-14(19)13-12(15(20)21)6-3-7-17-13/h2-9H,1H3,(H,18,19)(H,20,21)/t9-/m0/s1. The van der Waals surface area contributed by atoms with Crippen molar-refractivity contribution in [3.63, 3.8) is 0 Å². The lowest BCUT2D eigenvalue weighted by molar-refractivity contribution is 0.0689. The molecule has 0 unspecified atom stereocenters. The number of carboxylic acids is 1. The summed E-state index contributed by atoms with van der Waals surface area (Å²) in [5.41, 5.74) is 0.579. The molecule has 2 rings (SSSR count). The topological polar surface area (TPSA) is 79.3 Å². The van der Waals surface area contributed by atoms with E-state index in [9.17, 15) is 9.59 Å². The minimum atomic E-state index is -1.19. The fraction of sp³-hybridized carbons (Fsp3) is 0.133. The second-order valence-corrected chi connectivity index (χ2v) is 4.89. The van der Waals surface area contributed by atoms with Gasteiger partial charge in [-0.25, -0.2) is 4.79 Å². The van der Waals surface area contributed by atoms with Gasteiger partial charge in [-0.05, 0) is 36.8 Å². The highest BCUT2D eigenvalue weighted by Crippen LogP contribution is 2.18. The van der Waals surface area contributed by atoms with Crippen molar-refractivity contribution < 1.29 is 14.7 Å². The van der Waals surface area contributed by atoms with Crippen molar-refractivity contribution in [2.24, 2.45) is 0 Å². The largest absolute Gasteiger partial charge is 0.478 e. The molecular weight excluding hydrogens is 292 g/mol. The maximum Gasteiger partial charge on any atom is 0.338 e. The van der Waals surface area contributed by atoms with Crippen LogP contribution < -0.4 is 5.32 Å². The van der Waals surface area contributed by atoms with E-state index in [-0.39, 0.29) is 17.3 Å². The number of benzene rings is 1. The van der Waals surface area contributed by atoms with E-state index in [2.05, 4.69) is 10.3 Å². The number of hydrogen-bond donors (Lipinski definition) is 2. The molecule has 1 heterocycles. The van der Waals surface area contributed by atoms with E-state index >= 15 is 0 Å². The fourth-order valence-corrected chi connectivity index (χ4v) is 2.08. The molecule has 0 radical (unpaired) electrons. The summed E-state index contributed by atoms with van der Waals surface area (Å²) in [6, 6.07) is 9.58. The monoisotopic (exact) mass is 304 g/mol. The highest BCUT2D eigenvalue weighted by Gasteiger charge is 2.19. The molecule has 2 N–H and O–H groups in total. The molecule has 5 nitrogen and oxygen atoms in total. The highest BCUT2D eigenvalue weighted by atomic mass is 35.5. The minimum absolute atomic E-state index is 0.112. The number of pyridine rings is 1. The summed E-state index contributed by atoms with van der Waals surface area (Å²) in [4.78, 5) is 27.1. The normalized spacial score (nSPS) is 11.7. The number of halogens is 1. The lowest BCUT2D eigenvalue weighted by Crippen LogP contribution is -2.29. The Labute approximate surface area is 126 Å². The van der Waals surface area contributed by atoms with Crippen molar-refractivity contribution in [2.75, 3.05) is 0 Å². The number of nitrogens with zero attached hydrogens (tertiary/aromatic N) is 1. The number of carbonyl (C=O) groups is 2. The lowest BCUT2D eigenvalue weighted by atomic mass is 10.1. The molecule has 0 bridgehead atoms. The fourth-order valence-electron chi connectivity index (χ4n) is 1.88. The van der Waals surface area contributed by atoms with Crippen LogP contribution in [0.25, 0.3) is 0 Å². The number of aromatic carboxylic acids is 1. The van der Waals surface area contributed by atoms with Crippen LogP contribution in [0.1, 0.15) is 39.4 Å². The summed E-state index contributed by atoms with van der Waals surface area (Å²) in [5, 5.41) is 12.3. The number of carbonyl (C=O) groups excluding carboxylic acids is 1. The predicted octanol–water partition coefficient (Wildman–Crippen LogP) is 2.92. The van der Waals surface area contributed by atoms with Gasteiger partial charge in [-0.15, -0.1) is 0 Å². The van der Waals surface area contributed by atoms with Crippen molar-refractivity contribution in [2.45, 2.75) is 13.0 Å². The van der Waals surface area contributed by atoms with Gasteiger partial charge < -0.3 is 10.4 Å². The van der Waals surface area contributed by atoms with Gasteiger partial charge >= 0.3 is 5.97 Å². The number of amides is 1. The van der Waals surface area contributed by atoms with E-state index in [4.69, 9.17) is 16.7 Å². The van der Waals surface area contributed by atoms with Crippen LogP contribution in [0.2, 0.25) is 5.02 Å². The highest BCUT2D eigenvalue weighted by molar-refractivity contribution is 6.30. The second kappa shape index (κ2) is 6.37. The van der Waals surface area contributed by atoms with Gasteiger partial charge in [0.25, 0.3) is 5.91 Å². The first-order valence-corrected chi connectivity index (χ1v) is 6.61. The van der Waals surface area contributed by atoms with Crippen LogP contribution in [0.3, 0.4) is 0 Å². The summed E-state index contributed by atoms with van der Waals surface area (Å²) in [6.07, 6.45) is 1.38. The quantitative estimate of drug-likeness (QED) is 0.910. The zero-order valence-corrected chi connectivity index (χ0v) is 12.0. The molecule has 0 fully saturated rings. The van der Waals surface area contributed by atoms with Gasteiger partial charge in [0, 0.05) is 11.2 Å². The molecule has 0 aliphatic heterocycles. The predicted molar refractivity (Wildman–Crippen MR) is 78.5 cm³/mol. The van der Waals surface area contributed by atoms with Crippen molar-refractivity contribution in [1.29, 1.82) is 0 Å². The molecule has 0 saturated carbocycles. The van der Waals surface area contributed by atoms with Crippen molar-refractivity contribution in [3.8, 4) is 0 Å². The van der Waals surface area contributed by atoms with E-state index in [0.717, 1.165) is 5.56 Å². The Morgan fingerprint density at radius 2 is 2.05 bits per heavy atom. The van der Waals surface area contributed by atoms with Crippen molar-refractivity contribution in [3.05, 3.63) is 64.4 Å². The van der Waals surface area contributed by atoms with Gasteiger partial charge in [0.1, 0.15) is 5.69 Å². The second-order valence-electron chi connectivity index (χ2n) is 4.45. The minimum Gasteiger partial charge on any atom is -0.478 e. The molecule has 0 saturated heterocycles. The summed E-state index contributed by atoms with van der Waals surface area (Å²) < 4.78 is 0. The van der Waals surface area contributed by atoms with Gasteiger partial charge in [0.15, 0.2) is 0 Å². The van der Waals surface area contributed by atoms with Crippen LogP contribution in [0.5, 0.6) is 0 Å². The average Bonchev–Trinajstić information content (AvgIpc) is 2.47. The Hall–Kier alpha value is -2.40. The lowest BCUT2D eigenvalue weighted by Gasteiger charge is -2.15. The molecule has 1 aromatic heterocycles. The van der Waals surface area contributed by atoms with Crippen molar-refractivity contribution in [1.82, 2.24) is 10.3 Å². The van der Waals surface area contributed by atoms with Gasteiger partial charge in [0.05, 0.1) is 11.6 Å². The molecule has 6 heteroatoms. The van der Waals surface area contributed by atoms with Crippen LogP contribution in [0, 0.1) is 0 Å². The SMILES string of the molecule is C[C@H](NC(=O)c1ncccc1C(=O)O)c1cccc(Cl)c1. The molecule has 2 aromatic rings. The summed E-state index contributed by atoms with van der Waals surface area (Å²) in [5.74, 6) is -1.73. The Kier molecular flexibility index (Phi) is 4.55. The van der Waals surface area contributed by atoms with E-state index in [1.165, 1.54) is 18.3 Å². The van der Waals surface area contributed by atoms with Crippen molar-refractivity contribution >= 4 is 23.5 Å². The maximum absolute atomic E-state index is 12.2. The van der Waals surface area contributed by atoms with Crippen LogP contribution >= 0.6 is 11.6 Å². The molecule has 1 aromatic carbocycles. The molecule has 1 amide bonds. The Balaban J connectivity index is 2.20. The summed E-state index contributed by atoms with van der Waals surface area (Å²) >= 11 is 5.91. The molecule has 0 aliphatic rings. The molecule has 21 heavy (non-hydrogen) atoms. The van der Waals surface area contributed by atoms with Crippen LogP contribution in [-0.2, 0) is 0 Å². The van der Waals surface area contributed by atoms with Gasteiger partial charge in [0.2, 0.25) is 0 Å². The van der Waals surface area contributed by atoms with E-state index < -0.39 is 11.9 Å². The zero-order chi connectivity index (χ0) is 15.4. The van der Waals surface area contributed by atoms with Crippen LogP contribution in [0.15, 0.2) is 42.6 Å². The van der Waals surface area contributed by atoms with Gasteiger partial charge in [-0.2, -0.15) is 0 Å². The maximum atomic E-state index is 12.2. The van der Waals surface area contributed by atoms with E-state index in [1.807, 2.05) is 6.07 Å². The molecule has 0 aliphatic carbocycles. The van der Waals surface area contributed by atoms with E-state index in [0.29, 0.717) is 5.02 Å². The number of rotatable bonds is 4. The number of carboxylic acid groups (broad SMARTS) is 1. The molecular formula is C15H13ClN2O3. The van der Waals surface area contributed by atoms with Gasteiger partial charge in [-0.3, -0.25) is 9.78 Å². The number of hydrogen-bond acceptors (Lipinski definition) is 3. The smallest absolute Gasteiger partial charge is 0.338 e. The number of aromatic nitrogens is 1. The molecule has 1 atom stereocenters. The zero-order valence-electron chi connectivity index (χ0n) is 11.2. The third-order valence-corrected chi connectivity index (χ3v) is 3.18. The first-order chi connectivity index (χ1) is 9.99. The van der Waals surface area contributed by atoms with Gasteiger partial charge in [-0.1, -0.05) is 23.7 Å². The third-order valence-electron chi connectivity index (χ3n) is 2.95. The van der Waals surface area contributed by atoms with Crippen LogP contribution in [-0.4, -0.2) is 22.0 Å². The van der Waals surface area contributed by atoms with E-state index in [1.54, 1.807) is 25.1 Å². The first kappa shape index (κ1) is 15.0. The Morgan fingerprint density at radius 3 is 2.71 bits per heavy atom. The summed E-state index contributed by atoms with van der Waals surface area (Å²) in [7, 11) is 0. The first-order valence-electron chi connectivity index (χ1n) is 6.23. The molecule has 0 spiro atoms. The number of nitrogens with one attached hydrogen (secondary N) is 1. The Morgan fingerprint density at radius 1 is 1.29 bits per heavy atom. The van der Waals surface area contributed by atoms with Crippen LogP contribution in [0.4, 0.5) is 0 Å². The Bertz CT molecular complexity index is 688. The summed E-state index contributed by atoms with van der Waals surface area (Å²) in [6.45, 7) is 1.78. The average molecular weight is 305 g/mol. The molecule has 108 valence electrons.